The molecule has 0 spiro atoms. The number of ketones is 3. The molecule has 4 aromatic rings. The van der Waals surface area contributed by atoms with E-state index in [9.17, 15) is 19.2 Å². The molecule has 1 N–H and O–H groups in total. The maximum Gasteiger partial charge on any atom is 0.303 e. The lowest BCUT2D eigenvalue weighted by Crippen LogP contribution is -2.11. The standard InChI is InChI=1S/C30H29FO9S2/c1-15(16(2)32)9-20(34)27-12-18-25(42-27)14-23(38-4)30(29(18)31)40-8-7-39-22-10-17-11-26(19(33)5-6-28(35)36)41-24(17)13-21(22)37-3/h10-15H,5-9H2,1-4H3,(H,35,36)/t15-/m0/s1. The Morgan fingerprint density at radius 1 is 0.833 bits per heavy atom. The number of hydrogen-bond acceptors (Lipinski definition) is 10. The van der Waals surface area contributed by atoms with Crippen molar-refractivity contribution in [2.75, 3.05) is 27.4 Å². The van der Waals surface area contributed by atoms with Gasteiger partial charge in [0.1, 0.15) is 19.0 Å². The Balaban J connectivity index is 1.47. The van der Waals surface area contributed by atoms with E-state index in [1.54, 1.807) is 31.2 Å². The average Bonchev–Trinajstić information content (AvgIpc) is 3.58. The van der Waals surface area contributed by atoms with Crippen LogP contribution in [0.5, 0.6) is 23.0 Å². The number of carbonyl (C=O) groups is 4. The van der Waals surface area contributed by atoms with Gasteiger partial charge in [-0.15, -0.1) is 22.7 Å². The summed E-state index contributed by atoms with van der Waals surface area (Å²) < 4.78 is 39.2. The third-order valence-electron chi connectivity index (χ3n) is 6.59. The van der Waals surface area contributed by atoms with Gasteiger partial charge >= 0.3 is 5.97 Å². The average molecular weight is 617 g/mol. The van der Waals surface area contributed by atoms with Gasteiger partial charge in [-0.05, 0) is 30.5 Å². The van der Waals surface area contributed by atoms with Crippen LogP contribution in [-0.4, -0.2) is 55.9 Å². The highest BCUT2D eigenvalue weighted by molar-refractivity contribution is 7.21. The highest BCUT2D eigenvalue weighted by Gasteiger charge is 2.22. The quantitative estimate of drug-likeness (QED) is 0.117. The number of benzene rings is 2. The highest BCUT2D eigenvalue weighted by Crippen LogP contribution is 2.41. The van der Waals surface area contributed by atoms with Crippen molar-refractivity contribution in [3.05, 3.63) is 45.9 Å². The van der Waals surface area contributed by atoms with Gasteiger partial charge in [-0.2, -0.15) is 0 Å². The molecule has 0 saturated heterocycles. The molecule has 9 nitrogen and oxygen atoms in total. The van der Waals surface area contributed by atoms with Gasteiger partial charge in [-0.3, -0.25) is 19.2 Å². The summed E-state index contributed by atoms with van der Waals surface area (Å²) in [5.41, 5.74) is 0. The first-order valence-corrected chi connectivity index (χ1v) is 14.6. The summed E-state index contributed by atoms with van der Waals surface area (Å²) in [5.74, 6) is -1.85. The van der Waals surface area contributed by atoms with Gasteiger partial charge in [0, 0.05) is 45.7 Å². The monoisotopic (exact) mass is 616 g/mol. The molecule has 0 unspecified atom stereocenters. The second-order valence-electron chi connectivity index (χ2n) is 9.55. The number of carbonyl (C=O) groups excluding carboxylic acids is 3. The van der Waals surface area contributed by atoms with Crippen LogP contribution >= 0.6 is 22.7 Å². The first kappa shape index (κ1) is 30.9. The van der Waals surface area contributed by atoms with Gasteiger partial charge < -0.3 is 24.1 Å². The maximum atomic E-state index is 15.5. The van der Waals surface area contributed by atoms with Crippen LogP contribution in [-0.2, 0) is 9.59 Å². The first-order valence-electron chi connectivity index (χ1n) is 13.0. The molecule has 2 aromatic heterocycles. The zero-order valence-electron chi connectivity index (χ0n) is 23.4. The Morgan fingerprint density at radius 2 is 1.48 bits per heavy atom. The summed E-state index contributed by atoms with van der Waals surface area (Å²) in [4.78, 5) is 48.2. The number of hydrogen-bond donors (Lipinski definition) is 1. The summed E-state index contributed by atoms with van der Waals surface area (Å²) in [6.07, 6.45) is -0.284. The molecule has 42 heavy (non-hydrogen) atoms. The Morgan fingerprint density at radius 3 is 2.14 bits per heavy atom. The lowest BCUT2D eigenvalue weighted by Gasteiger charge is -2.14. The van der Waals surface area contributed by atoms with Crippen molar-refractivity contribution in [3.63, 3.8) is 0 Å². The molecule has 0 aliphatic carbocycles. The predicted octanol–water partition coefficient (Wildman–Crippen LogP) is 6.58. The molecule has 2 aromatic carbocycles. The first-order chi connectivity index (χ1) is 20.0. The van der Waals surface area contributed by atoms with Crippen LogP contribution in [0, 0.1) is 11.7 Å². The summed E-state index contributed by atoms with van der Waals surface area (Å²) in [6, 6.07) is 8.20. The van der Waals surface area contributed by atoms with Crippen LogP contribution in [0.15, 0.2) is 30.3 Å². The molecule has 0 fully saturated rings. The Hall–Kier alpha value is -4.03. The summed E-state index contributed by atoms with van der Waals surface area (Å²) in [5, 5.41) is 9.79. The fraction of sp³-hybridized carbons (Fsp3) is 0.333. The van der Waals surface area contributed by atoms with Crippen LogP contribution in [0.25, 0.3) is 20.2 Å². The SMILES string of the molecule is COc1cc2sc(C(=O)CCC(=O)O)cc2cc1OCCOc1c(OC)cc2sc(C(=O)C[C@H](C)C(C)=O)cc2c1F. The second kappa shape index (κ2) is 13.3. The zero-order valence-corrected chi connectivity index (χ0v) is 25.0. The minimum atomic E-state index is -1.03. The number of fused-ring (bicyclic) bond motifs is 2. The number of carboxylic acids is 1. The molecule has 0 aliphatic heterocycles. The van der Waals surface area contributed by atoms with E-state index in [-0.39, 0.29) is 66.7 Å². The summed E-state index contributed by atoms with van der Waals surface area (Å²) in [6.45, 7) is 3.09. The molecule has 0 bridgehead atoms. The highest BCUT2D eigenvalue weighted by atomic mass is 32.1. The third-order valence-corrected chi connectivity index (χ3v) is 8.86. The molecule has 12 heteroatoms. The molecule has 4 rings (SSSR count). The fourth-order valence-corrected chi connectivity index (χ4v) is 6.22. The van der Waals surface area contributed by atoms with Crippen molar-refractivity contribution < 1.29 is 47.6 Å². The minimum Gasteiger partial charge on any atom is -0.493 e. The maximum absolute atomic E-state index is 15.5. The van der Waals surface area contributed by atoms with Crippen LogP contribution in [0.1, 0.15) is 52.5 Å². The Kier molecular flexibility index (Phi) is 9.79. The van der Waals surface area contributed by atoms with E-state index in [0.29, 0.717) is 26.0 Å². The Labute approximate surface area is 248 Å². The minimum absolute atomic E-state index is 0.0212. The molecule has 222 valence electrons. The molecule has 0 radical (unpaired) electrons. The number of aliphatic carboxylic acids is 1. The number of ether oxygens (including phenoxy) is 4. The van der Waals surface area contributed by atoms with E-state index in [1.807, 2.05) is 0 Å². The number of rotatable bonds is 15. The smallest absolute Gasteiger partial charge is 0.303 e. The molecule has 1 atom stereocenters. The number of carboxylic acid groups (broad SMARTS) is 1. The Bertz CT molecular complexity index is 1670. The number of Topliss-reactive ketones (excluding diaryl/α,β-unsaturated/α-hetero) is 3. The normalized spacial score (nSPS) is 11.8. The molecule has 0 amide bonds. The van der Waals surface area contributed by atoms with Gasteiger partial charge in [0.2, 0.25) is 0 Å². The molecular formula is C30H29FO9S2. The van der Waals surface area contributed by atoms with E-state index >= 15 is 4.39 Å². The van der Waals surface area contributed by atoms with Crippen molar-refractivity contribution in [3.8, 4) is 23.0 Å². The van der Waals surface area contributed by atoms with Gasteiger partial charge in [0.15, 0.2) is 40.4 Å². The van der Waals surface area contributed by atoms with Crippen molar-refractivity contribution in [1.29, 1.82) is 0 Å². The largest absolute Gasteiger partial charge is 0.493 e. The third kappa shape index (κ3) is 6.88. The number of methoxy groups -OCH3 is 2. The fourth-order valence-electron chi connectivity index (χ4n) is 4.14. The van der Waals surface area contributed by atoms with Gasteiger partial charge in [-0.25, -0.2) is 4.39 Å². The van der Waals surface area contributed by atoms with E-state index in [2.05, 4.69) is 0 Å². The molecule has 2 heterocycles. The van der Waals surface area contributed by atoms with Gasteiger partial charge in [0.05, 0.1) is 30.4 Å². The van der Waals surface area contributed by atoms with Crippen molar-refractivity contribution in [2.45, 2.75) is 33.1 Å². The van der Waals surface area contributed by atoms with Crippen LogP contribution < -0.4 is 18.9 Å². The lowest BCUT2D eigenvalue weighted by atomic mass is 10.00. The summed E-state index contributed by atoms with van der Waals surface area (Å²) in [7, 11) is 2.87. The van der Waals surface area contributed by atoms with Gasteiger partial charge in [-0.1, -0.05) is 6.92 Å². The molecule has 0 aliphatic rings. The molecule has 0 saturated carbocycles. The van der Waals surface area contributed by atoms with Crippen LogP contribution in [0.2, 0.25) is 0 Å². The topological polar surface area (TPSA) is 125 Å². The van der Waals surface area contributed by atoms with Crippen molar-refractivity contribution >= 4 is 66.2 Å². The van der Waals surface area contributed by atoms with E-state index in [4.69, 9.17) is 24.1 Å². The summed E-state index contributed by atoms with van der Waals surface area (Å²) >= 11 is 2.37. The van der Waals surface area contributed by atoms with Crippen LogP contribution in [0.4, 0.5) is 4.39 Å². The second-order valence-corrected chi connectivity index (χ2v) is 11.7. The zero-order chi connectivity index (χ0) is 30.6. The van der Waals surface area contributed by atoms with Crippen LogP contribution in [0.3, 0.4) is 0 Å². The lowest BCUT2D eigenvalue weighted by molar-refractivity contribution is -0.137. The van der Waals surface area contributed by atoms with E-state index in [0.717, 1.165) is 21.4 Å². The number of halogens is 1. The van der Waals surface area contributed by atoms with Crippen molar-refractivity contribution in [1.82, 2.24) is 0 Å². The van der Waals surface area contributed by atoms with Gasteiger partial charge in [0.25, 0.3) is 0 Å². The number of thiophene rings is 2. The predicted molar refractivity (Wildman–Crippen MR) is 158 cm³/mol. The van der Waals surface area contributed by atoms with E-state index < -0.39 is 17.7 Å². The molecular weight excluding hydrogens is 587 g/mol. The van der Waals surface area contributed by atoms with E-state index in [1.165, 1.54) is 38.5 Å². The van der Waals surface area contributed by atoms with Crippen molar-refractivity contribution in [2.24, 2.45) is 5.92 Å².